The van der Waals surface area contributed by atoms with E-state index >= 15 is 0 Å². The third-order valence-electron chi connectivity index (χ3n) is 11.4. The molecule has 0 unspecified atom stereocenters. The van der Waals surface area contributed by atoms with Crippen LogP contribution in [0.1, 0.15) is 0 Å². The van der Waals surface area contributed by atoms with Crippen molar-refractivity contribution in [3.8, 4) is 27.9 Å². The Morgan fingerprint density at radius 2 is 0.893 bits per heavy atom. The Labute approximate surface area is 325 Å². The maximum absolute atomic E-state index is 2.43. The molecule has 0 atom stereocenters. The fourth-order valence-electron chi connectivity index (χ4n) is 8.79. The number of hydrogen-bond donors (Lipinski definition) is 0. The highest BCUT2D eigenvalue weighted by molar-refractivity contribution is 6.18. The SMILES string of the molecule is c1ccc(-c2ccccc2N(c2ccc(-c3cc4ccccc4c4ccccc34)cc2)c2ccc(-n3c4ccccc4c4ccc5ccccc5c43)cc2)cc1. The Morgan fingerprint density at radius 3 is 1.68 bits per heavy atom. The molecule has 0 saturated heterocycles. The predicted octanol–water partition coefficient (Wildman–Crippen LogP) is 15.0. The Kier molecular flexibility index (Phi) is 7.53. The van der Waals surface area contributed by atoms with Crippen molar-refractivity contribution < 1.29 is 0 Å². The van der Waals surface area contributed by atoms with E-state index in [-0.39, 0.29) is 0 Å². The van der Waals surface area contributed by atoms with Crippen molar-refractivity contribution in [2.45, 2.75) is 0 Å². The van der Waals surface area contributed by atoms with E-state index in [0.29, 0.717) is 0 Å². The van der Waals surface area contributed by atoms with Crippen LogP contribution < -0.4 is 4.90 Å². The van der Waals surface area contributed by atoms with Crippen molar-refractivity contribution in [1.29, 1.82) is 0 Å². The van der Waals surface area contributed by atoms with Gasteiger partial charge in [-0.15, -0.1) is 0 Å². The minimum absolute atomic E-state index is 1.09. The summed E-state index contributed by atoms with van der Waals surface area (Å²) < 4.78 is 2.43. The standard InChI is InChI=1S/C54H36N2/c1-2-14-37(15-3-1)45-19-10-12-24-52(45)55(41-29-26-39(27-30-41)51-36-40-17-5-6-18-44(40)47-21-8-9-22-48(47)51)42-31-33-43(34-32-42)56-53-25-13-11-23-49(53)50-35-28-38-16-4-7-20-46(38)54(50)56/h1-36H. The van der Waals surface area contributed by atoms with Gasteiger partial charge in [0.15, 0.2) is 0 Å². The first-order valence-electron chi connectivity index (χ1n) is 19.3. The second kappa shape index (κ2) is 13.2. The van der Waals surface area contributed by atoms with Gasteiger partial charge in [0.25, 0.3) is 0 Å². The summed E-state index contributed by atoms with van der Waals surface area (Å²) in [5, 5.41) is 10.1. The predicted molar refractivity (Wildman–Crippen MR) is 239 cm³/mol. The molecule has 11 aromatic rings. The van der Waals surface area contributed by atoms with Crippen LogP contribution in [0.15, 0.2) is 218 Å². The van der Waals surface area contributed by atoms with Crippen molar-refractivity contribution in [2.24, 2.45) is 0 Å². The van der Waals surface area contributed by atoms with Gasteiger partial charge in [-0.05, 0) is 98.2 Å². The van der Waals surface area contributed by atoms with Crippen LogP contribution in [-0.2, 0) is 0 Å². The number of para-hydroxylation sites is 2. The fraction of sp³-hybridized carbons (Fsp3) is 0. The largest absolute Gasteiger partial charge is 0.310 e. The van der Waals surface area contributed by atoms with Crippen molar-refractivity contribution in [3.05, 3.63) is 218 Å². The Bertz CT molecular complexity index is 3230. The van der Waals surface area contributed by atoms with E-state index < -0.39 is 0 Å². The highest BCUT2D eigenvalue weighted by Gasteiger charge is 2.19. The molecular weight excluding hydrogens is 677 g/mol. The van der Waals surface area contributed by atoms with Crippen LogP contribution in [0.3, 0.4) is 0 Å². The second-order valence-corrected chi connectivity index (χ2v) is 14.5. The molecule has 2 heteroatoms. The topological polar surface area (TPSA) is 8.17 Å². The summed E-state index contributed by atoms with van der Waals surface area (Å²) in [4.78, 5) is 2.40. The van der Waals surface area contributed by atoms with E-state index in [1.165, 1.54) is 76.4 Å². The molecule has 0 aliphatic carbocycles. The number of rotatable bonds is 6. The number of anilines is 3. The van der Waals surface area contributed by atoms with E-state index in [1.807, 2.05) is 0 Å². The minimum Gasteiger partial charge on any atom is -0.310 e. The van der Waals surface area contributed by atoms with Gasteiger partial charge in [-0.25, -0.2) is 0 Å². The van der Waals surface area contributed by atoms with Crippen molar-refractivity contribution in [3.63, 3.8) is 0 Å². The fourth-order valence-corrected chi connectivity index (χ4v) is 8.79. The first-order valence-corrected chi connectivity index (χ1v) is 19.3. The zero-order valence-electron chi connectivity index (χ0n) is 30.7. The van der Waals surface area contributed by atoms with Crippen LogP contribution in [0.25, 0.3) is 82.1 Å². The summed E-state index contributed by atoms with van der Waals surface area (Å²) in [5.41, 5.74) is 11.7. The third-order valence-corrected chi connectivity index (χ3v) is 11.4. The average molecular weight is 713 g/mol. The van der Waals surface area contributed by atoms with Gasteiger partial charge in [0.2, 0.25) is 0 Å². The van der Waals surface area contributed by atoms with Gasteiger partial charge in [-0.2, -0.15) is 0 Å². The molecule has 0 aliphatic heterocycles. The van der Waals surface area contributed by atoms with Crippen LogP contribution in [0, 0.1) is 0 Å². The van der Waals surface area contributed by atoms with Crippen LogP contribution in [0.5, 0.6) is 0 Å². The number of fused-ring (bicyclic) bond motifs is 8. The lowest BCUT2D eigenvalue weighted by molar-refractivity contribution is 1.18. The van der Waals surface area contributed by atoms with Gasteiger partial charge in [-0.1, -0.05) is 164 Å². The zero-order chi connectivity index (χ0) is 37.0. The molecule has 0 aliphatic rings. The summed E-state index contributed by atoms with van der Waals surface area (Å²) in [6.07, 6.45) is 0. The van der Waals surface area contributed by atoms with E-state index in [2.05, 4.69) is 228 Å². The lowest BCUT2D eigenvalue weighted by atomic mass is 9.93. The van der Waals surface area contributed by atoms with Gasteiger partial charge in [0, 0.05) is 38.8 Å². The molecule has 1 aromatic heterocycles. The van der Waals surface area contributed by atoms with Crippen LogP contribution in [0.2, 0.25) is 0 Å². The molecule has 0 spiro atoms. The summed E-state index contributed by atoms with van der Waals surface area (Å²) in [5.74, 6) is 0. The Hall–Kier alpha value is -7.42. The lowest BCUT2D eigenvalue weighted by Gasteiger charge is -2.28. The summed E-state index contributed by atoms with van der Waals surface area (Å²) >= 11 is 0. The van der Waals surface area contributed by atoms with Crippen molar-refractivity contribution in [2.75, 3.05) is 4.90 Å². The normalized spacial score (nSPS) is 11.6. The summed E-state index contributed by atoms with van der Waals surface area (Å²) in [7, 11) is 0. The van der Waals surface area contributed by atoms with E-state index in [1.54, 1.807) is 0 Å². The summed E-state index contributed by atoms with van der Waals surface area (Å²) in [6, 6.07) is 79.4. The van der Waals surface area contributed by atoms with Crippen LogP contribution in [0.4, 0.5) is 17.1 Å². The third kappa shape index (κ3) is 5.19. The molecule has 10 aromatic carbocycles. The molecule has 0 amide bonds. The first kappa shape index (κ1) is 32.0. The Morgan fingerprint density at radius 1 is 0.321 bits per heavy atom. The molecule has 56 heavy (non-hydrogen) atoms. The molecule has 1 heterocycles. The highest BCUT2D eigenvalue weighted by atomic mass is 15.1. The molecule has 11 rings (SSSR count). The van der Waals surface area contributed by atoms with Crippen molar-refractivity contribution in [1.82, 2.24) is 4.57 Å². The Balaban J connectivity index is 1.08. The molecule has 0 bridgehead atoms. The van der Waals surface area contributed by atoms with Gasteiger partial charge in [0.05, 0.1) is 16.7 Å². The molecule has 262 valence electrons. The smallest absolute Gasteiger partial charge is 0.0619 e. The van der Waals surface area contributed by atoms with Crippen LogP contribution >= 0.6 is 0 Å². The average Bonchev–Trinajstić information content (AvgIpc) is 3.62. The quantitative estimate of drug-likeness (QED) is 0.156. The number of aromatic nitrogens is 1. The van der Waals surface area contributed by atoms with E-state index in [0.717, 1.165) is 22.7 Å². The lowest BCUT2D eigenvalue weighted by Crippen LogP contribution is -2.11. The zero-order valence-corrected chi connectivity index (χ0v) is 30.7. The van der Waals surface area contributed by atoms with Gasteiger partial charge in [0.1, 0.15) is 0 Å². The second-order valence-electron chi connectivity index (χ2n) is 14.5. The highest BCUT2D eigenvalue weighted by Crippen LogP contribution is 2.43. The van der Waals surface area contributed by atoms with Gasteiger partial charge in [-0.3, -0.25) is 0 Å². The molecule has 0 fully saturated rings. The van der Waals surface area contributed by atoms with Crippen molar-refractivity contribution >= 4 is 71.2 Å². The maximum atomic E-state index is 2.43. The number of nitrogens with zero attached hydrogens (tertiary/aromatic N) is 2. The summed E-state index contributed by atoms with van der Waals surface area (Å²) in [6.45, 7) is 0. The molecule has 0 saturated carbocycles. The van der Waals surface area contributed by atoms with Gasteiger partial charge >= 0.3 is 0 Å². The molecule has 2 nitrogen and oxygen atoms in total. The number of hydrogen-bond acceptors (Lipinski definition) is 1. The molecule has 0 N–H and O–H groups in total. The minimum atomic E-state index is 1.09. The number of benzene rings is 10. The molecule has 0 radical (unpaired) electrons. The maximum Gasteiger partial charge on any atom is 0.0619 e. The van der Waals surface area contributed by atoms with Crippen LogP contribution in [-0.4, -0.2) is 4.57 Å². The van der Waals surface area contributed by atoms with E-state index in [9.17, 15) is 0 Å². The molecular formula is C54H36N2. The first-order chi connectivity index (χ1) is 27.8. The van der Waals surface area contributed by atoms with Gasteiger partial charge < -0.3 is 9.47 Å². The monoisotopic (exact) mass is 712 g/mol. The van der Waals surface area contributed by atoms with E-state index in [4.69, 9.17) is 0 Å².